The van der Waals surface area contributed by atoms with Gasteiger partial charge in [-0.25, -0.2) is 4.98 Å². The van der Waals surface area contributed by atoms with E-state index in [1.165, 1.54) is 11.8 Å². The molecule has 0 aliphatic heterocycles. The van der Waals surface area contributed by atoms with Gasteiger partial charge in [-0.1, -0.05) is 59.8 Å². The van der Waals surface area contributed by atoms with E-state index in [9.17, 15) is 14.4 Å². The summed E-state index contributed by atoms with van der Waals surface area (Å²) in [4.78, 5) is 44.1. The van der Waals surface area contributed by atoms with Gasteiger partial charge in [-0.3, -0.25) is 19.0 Å². The highest BCUT2D eigenvalue weighted by Crippen LogP contribution is 2.31. The summed E-state index contributed by atoms with van der Waals surface area (Å²) in [5.74, 6) is 1.49. The van der Waals surface area contributed by atoms with Gasteiger partial charge in [0.1, 0.15) is 0 Å². The molecule has 5 rings (SSSR count). The molecule has 2 N–H and O–H groups in total. The van der Waals surface area contributed by atoms with Crippen LogP contribution in [0, 0.1) is 11.8 Å². The smallest absolute Gasteiger partial charge is 0.262 e. The maximum atomic E-state index is 13.6. The van der Waals surface area contributed by atoms with Crippen molar-refractivity contribution in [2.24, 2.45) is 11.8 Å². The average Bonchev–Trinajstić information content (AvgIpc) is 3.08. The van der Waals surface area contributed by atoms with E-state index in [1.54, 1.807) is 24.9 Å². The molecule has 1 saturated carbocycles. The minimum atomic E-state index is -0.136. The number of nitrogens with zero attached hydrogens (tertiary/aromatic N) is 2. The van der Waals surface area contributed by atoms with Crippen LogP contribution in [-0.4, -0.2) is 47.9 Å². The van der Waals surface area contributed by atoms with Crippen molar-refractivity contribution in [2.75, 3.05) is 26.5 Å². The molecule has 1 fully saturated rings. The highest BCUT2D eigenvalue weighted by molar-refractivity contribution is 7.99. The number of thioether (sulfide) groups is 1. The highest BCUT2D eigenvalue weighted by Gasteiger charge is 2.27. The van der Waals surface area contributed by atoms with Crippen molar-refractivity contribution in [2.45, 2.75) is 50.4 Å². The van der Waals surface area contributed by atoms with Crippen molar-refractivity contribution in [3.8, 4) is 11.5 Å². The van der Waals surface area contributed by atoms with Gasteiger partial charge in [0.05, 0.1) is 30.9 Å². The summed E-state index contributed by atoms with van der Waals surface area (Å²) < 4.78 is 12.4. The monoisotopic (exact) mass is 662 g/mol. The molecular weight excluding hydrogens is 624 g/mol. The van der Waals surface area contributed by atoms with Gasteiger partial charge in [0, 0.05) is 30.6 Å². The first-order valence-corrected chi connectivity index (χ1v) is 16.8. The number of rotatable bonds is 13. The summed E-state index contributed by atoms with van der Waals surface area (Å²) in [6.07, 6.45) is 3.78. The second-order valence-electron chi connectivity index (χ2n) is 11.4. The van der Waals surface area contributed by atoms with Crippen LogP contribution in [0.15, 0.2) is 76.7 Å². The number of amides is 2. The number of aromatic nitrogens is 2. The largest absolute Gasteiger partial charge is 0.493 e. The van der Waals surface area contributed by atoms with E-state index in [1.807, 2.05) is 60.7 Å². The Hall–Kier alpha value is -4.02. The number of halogens is 1. The summed E-state index contributed by atoms with van der Waals surface area (Å²) in [6, 6.07) is 20.5. The SMILES string of the molecule is COc1ccc(CCNC(=O)CSc2nc3ccccc3c(=O)n2CC2CCC(C(=O)NCc3ccccc3Cl)CC2)cc1OC. The van der Waals surface area contributed by atoms with Gasteiger partial charge in [-0.2, -0.15) is 0 Å². The molecule has 4 aromatic rings. The number of para-hydroxylation sites is 1. The lowest BCUT2D eigenvalue weighted by molar-refractivity contribution is -0.126. The lowest BCUT2D eigenvalue weighted by Gasteiger charge is -2.28. The number of carbonyl (C=O) groups excluding carboxylic acids is 2. The van der Waals surface area contributed by atoms with Gasteiger partial charge >= 0.3 is 0 Å². The molecule has 0 atom stereocenters. The summed E-state index contributed by atoms with van der Waals surface area (Å²) in [6.45, 7) is 1.36. The topological polar surface area (TPSA) is 112 Å². The number of ether oxygens (including phenoxy) is 2. The lowest BCUT2D eigenvalue weighted by Crippen LogP contribution is -2.34. The molecular formula is C35H39ClN4O5S. The third-order valence-electron chi connectivity index (χ3n) is 8.41. The van der Waals surface area contributed by atoms with E-state index >= 15 is 0 Å². The average molecular weight is 663 g/mol. The minimum absolute atomic E-state index is 0.0382. The van der Waals surface area contributed by atoms with Crippen LogP contribution in [0.4, 0.5) is 0 Å². The van der Waals surface area contributed by atoms with E-state index in [0.717, 1.165) is 36.8 Å². The lowest BCUT2D eigenvalue weighted by atomic mass is 9.81. The van der Waals surface area contributed by atoms with Gasteiger partial charge < -0.3 is 20.1 Å². The van der Waals surface area contributed by atoms with Crippen LogP contribution >= 0.6 is 23.4 Å². The predicted octanol–water partition coefficient (Wildman–Crippen LogP) is 5.64. The molecule has 9 nitrogen and oxygen atoms in total. The van der Waals surface area contributed by atoms with Crippen LogP contribution in [0.2, 0.25) is 5.02 Å². The number of fused-ring (bicyclic) bond motifs is 1. The number of benzene rings is 3. The van der Waals surface area contributed by atoms with Gasteiger partial charge in [-0.05, 0) is 79.5 Å². The molecule has 1 aliphatic rings. The van der Waals surface area contributed by atoms with E-state index in [4.69, 9.17) is 26.1 Å². The maximum Gasteiger partial charge on any atom is 0.262 e. The molecule has 1 aliphatic carbocycles. The number of hydrogen-bond acceptors (Lipinski definition) is 7. The third-order valence-corrected chi connectivity index (χ3v) is 9.76. The number of methoxy groups -OCH3 is 2. The molecule has 3 aromatic carbocycles. The molecule has 46 heavy (non-hydrogen) atoms. The van der Waals surface area contributed by atoms with Crippen molar-refractivity contribution in [3.63, 3.8) is 0 Å². The van der Waals surface area contributed by atoms with E-state index in [0.29, 0.717) is 58.6 Å². The van der Waals surface area contributed by atoms with Crippen LogP contribution in [-0.2, 0) is 29.1 Å². The standard InChI is InChI=1S/C35H39ClN4O5S/c1-44-30-16-13-23(19-31(30)45-2)17-18-37-32(41)22-46-35-39-29-10-6-4-8-27(29)34(43)40(35)21-24-11-14-25(15-12-24)33(42)38-20-26-7-3-5-9-28(26)36/h3-10,13,16,19,24-25H,11-12,14-15,17-18,20-22H2,1-2H3,(H,37,41)(H,38,42). The molecule has 1 heterocycles. The van der Waals surface area contributed by atoms with Gasteiger partial charge in [0.15, 0.2) is 16.7 Å². The maximum absolute atomic E-state index is 13.6. The van der Waals surface area contributed by atoms with Crippen LogP contribution < -0.4 is 25.7 Å². The normalized spacial score (nSPS) is 16.2. The summed E-state index contributed by atoms with van der Waals surface area (Å²) in [5.41, 5.74) is 2.41. The summed E-state index contributed by atoms with van der Waals surface area (Å²) in [7, 11) is 3.19. The Kier molecular flexibility index (Phi) is 11.6. The fourth-order valence-electron chi connectivity index (χ4n) is 5.82. The molecule has 0 unspecified atom stereocenters. The van der Waals surface area contributed by atoms with E-state index in [2.05, 4.69) is 10.6 Å². The first-order chi connectivity index (χ1) is 22.4. The Balaban J connectivity index is 1.17. The molecule has 0 radical (unpaired) electrons. The molecule has 11 heteroatoms. The molecule has 0 bridgehead atoms. The van der Waals surface area contributed by atoms with Gasteiger partial charge in [0.25, 0.3) is 5.56 Å². The van der Waals surface area contributed by atoms with E-state index < -0.39 is 0 Å². The molecule has 0 spiro atoms. The first-order valence-electron chi connectivity index (χ1n) is 15.5. The number of carbonyl (C=O) groups is 2. The molecule has 242 valence electrons. The fraction of sp³-hybridized carbons (Fsp3) is 0.371. The molecule has 2 amide bonds. The first kappa shape index (κ1) is 33.3. The van der Waals surface area contributed by atoms with Crippen molar-refractivity contribution in [1.29, 1.82) is 0 Å². The Morgan fingerprint density at radius 1 is 0.957 bits per heavy atom. The predicted molar refractivity (Wildman–Crippen MR) is 182 cm³/mol. The third kappa shape index (κ3) is 8.41. The van der Waals surface area contributed by atoms with E-state index in [-0.39, 0.29) is 35.0 Å². The zero-order valence-electron chi connectivity index (χ0n) is 26.1. The molecule has 1 aromatic heterocycles. The molecule has 0 saturated heterocycles. The fourth-order valence-corrected chi connectivity index (χ4v) is 6.86. The Morgan fingerprint density at radius 2 is 1.70 bits per heavy atom. The summed E-state index contributed by atoms with van der Waals surface area (Å²) in [5, 5.41) is 7.72. The summed E-state index contributed by atoms with van der Waals surface area (Å²) >= 11 is 7.51. The zero-order chi connectivity index (χ0) is 32.5. The van der Waals surface area contributed by atoms with Crippen LogP contribution in [0.3, 0.4) is 0 Å². The van der Waals surface area contributed by atoms with Crippen LogP contribution in [0.1, 0.15) is 36.8 Å². The quantitative estimate of drug-likeness (QED) is 0.141. The highest BCUT2D eigenvalue weighted by atomic mass is 35.5. The van der Waals surface area contributed by atoms with Crippen molar-refractivity contribution in [1.82, 2.24) is 20.2 Å². The van der Waals surface area contributed by atoms with Gasteiger partial charge in [0.2, 0.25) is 11.8 Å². The van der Waals surface area contributed by atoms with Crippen molar-refractivity contribution >= 4 is 46.1 Å². The van der Waals surface area contributed by atoms with Crippen LogP contribution in [0.5, 0.6) is 11.5 Å². The number of hydrogen-bond donors (Lipinski definition) is 2. The van der Waals surface area contributed by atoms with Crippen LogP contribution in [0.25, 0.3) is 10.9 Å². The zero-order valence-corrected chi connectivity index (χ0v) is 27.7. The second-order valence-corrected chi connectivity index (χ2v) is 12.8. The van der Waals surface area contributed by atoms with Gasteiger partial charge in [-0.15, -0.1) is 0 Å². The Morgan fingerprint density at radius 3 is 2.46 bits per heavy atom. The number of nitrogens with one attached hydrogen (secondary N) is 2. The Labute approximate surface area is 278 Å². The van der Waals surface area contributed by atoms with Crippen molar-refractivity contribution < 1.29 is 19.1 Å². The second kappa shape index (κ2) is 16.0. The van der Waals surface area contributed by atoms with Crippen molar-refractivity contribution in [3.05, 3.63) is 93.2 Å². The Bertz CT molecular complexity index is 1740. The minimum Gasteiger partial charge on any atom is -0.493 e.